The number of hydrogen-bond donors (Lipinski definition) is 5. The SMILES string of the molecule is C.C[C@@H](N)[C@H](NC(=O)c1ccc(C#CC#Cc2ccc(N)cc2)cc1)C(=O)NO. The molecule has 7 heteroatoms. The van der Waals surface area contributed by atoms with Crippen LogP contribution < -0.4 is 22.3 Å². The van der Waals surface area contributed by atoms with Crippen LogP contribution in [0, 0.1) is 23.7 Å². The maximum atomic E-state index is 12.2. The molecule has 0 spiro atoms. The normalized spacial score (nSPS) is 11.3. The predicted molar refractivity (Wildman–Crippen MR) is 113 cm³/mol. The number of nitrogen functional groups attached to an aromatic ring is 1. The van der Waals surface area contributed by atoms with Crippen molar-refractivity contribution in [1.29, 1.82) is 0 Å². The summed E-state index contributed by atoms with van der Waals surface area (Å²) in [4.78, 5) is 23.8. The zero-order chi connectivity index (χ0) is 20.5. The molecule has 0 bridgehead atoms. The van der Waals surface area contributed by atoms with Gasteiger partial charge in [-0.1, -0.05) is 19.3 Å². The lowest BCUT2D eigenvalue weighted by atomic mass is 10.1. The van der Waals surface area contributed by atoms with Crippen LogP contribution in [-0.4, -0.2) is 29.1 Å². The van der Waals surface area contributed by atoms with Crippen molar-refractivity contribution in [2.75, 3.05) is 5.73 Å². The van der Waals surface area contributed by atoms with Crippen molar-refractivity contribution in [2.45, 2.75) is 26.4 Å². The van der Waals surface area contributed by atoms with Crippen LogP contribution in [0.2, 0.25) is 0 Å². The summed E-state index contributed by atoms with van der Waals surface area (Å²) in [7, 11) is 0. The molecular weight excluding hydrogens is 368 g/mol. The second-order valence-corrected chi connectivity index (χ2v) is 5.99. The van der Waals surface area contributed by atoms with Crippen molar-refractivity contribution in [3.05, 3.63) is 65.2 Å². The molecule has 0 unspecified atom stereocenters. The minimum Gasteiger partial charge on any atom is -0.399 e. The van der Waals surface area contributed by atoms with Gasteiger partial charge >= 0.3 is 0 Å². The molecule has 0 fully saturated rings. The number of anilines is 1. The molecule has 2 amide bonds. The molecule has 0 aliphatic heterocycles. The quantitative estimate of drug-likeness (QED) is 0.231. The molecule has 0 aromatic heterocycles. The molecule has 0 heterocycles. The van der Waals surface area contributed by atoms with Gasteiger partial charge in [0.15, 0.2) is 0 Å². The van der Waals surface area contributed by atoms with Gasteiger partial charge in [0.25, 0.3) is 11.8 Å². The lowest BCUT2D eigenvalue weighted by Crippen LogP contribution is -2.54. The molecule has 2 atom stereocenters. The third kappa shape index (κ3) is 7.04. The van der Waals surface area contributed by atoms with Gasteiger partial charge in [0, 0.05) is 28.4 Å². The molecular formula is C22H24N4O3. The maximum Gasteiger partial charge on any atom is 0.267 e. The van der Waals surface area contributed by atoms with Crippen molar-refractivity contribution in [3.8, 4) is 23.7 Å². The van der Waals surface area contributed by atoms with Crippen LogP contribution in [0.25, 0.3) is 0 Å². The standard InChI is InChI=1S/C21H20N4O3.CH4/c1-14(22)19(21(27)25-28)24-20(26)17-10-6-15(7-11-17)4-2-3-5-16-8-12-18(23)13-9-16;/h6-14,19,28H,22-23H2,1H3,(H,24,26)(H,25,27);1H4/t14-,19+;/m1./s1. The molecule has 0 saturated carbocycles. The van der Waals surface area contributed by atoms with E-state index in [9.17, 15) is 9.59 Å². The molecule has 0 aliphatic carbocycles. The summed E-state index contributed by atoms with van der Waals surface area (Å²) in [6, 6.07) is 11.9. The first-order valence-electron chi connectivity index (χ1n) is 8.38. The Kier molecular flexibility index (Phi) is 8.94. The van der Waals surface area contributed by atoms with Crippen molar-refractivity contribution in [1.82, 2.24) is 10.8 Å². The minimum atomic E-state index is -1.06. The van der Waals surface area contributed by atoms with Crippen molar-refractivity contribution in [2.24, 2.45) is 5.73 Å². The average molecular weight is 392 g/mol. The number of nitrogens with two attached hydrogens (primary N) is 2. The van der Waals surface area contributed by atoms with Gasteiger partial charge < -0.3 is 16.8 Å². The Labute approximate surface area is 170 Å². The van der Waals surface area contributed by atoms with E-state index in [0.29, 0.717) is 16.8 Å². The predicted octanol–water partition coefficient (Wildman–Crippen LogP) is 1.26. The average Bonchev–Trinajstić information content (AvgIpc) is 2.70. The Morgan fingerprint density at radius 3 is 1.90 bits per heavy atom. The molecule has 7 nitrogen and oxygen atoms in total. The molecule has 0 radical (unpaired) electrons. The Balaban J connectivity index is 0.00000420. The van der Waals surface area contributed by atoms with Crippen LogP contribution in [0.5, 0.6) is 0 Å². The fraction of sp³-hybridized carbons (Fsp3) is 0.182. The number of amides is 2. The molecule has 2 aromatic rings. The zero-order valence-corrected chi connectivity index (χ0v) is 15.2. The number of carbonyl (C=O) groups is 2. The van der Waals surface area contributed by atoms with Gasteiger partial charge in [-0.3, -0.25) is 14.8 Å². The maximum absolute atomic E-state index is 12.2. The van der Waals surface area contributed by atoms with Gasteiger partial charge in [-0.15, -0.1) is 0 Å². The van der Waals surface area contributed by atoms with Crippen LogP contribution in [0.4, 0.5) is 5.69 Å². The number of nitrogens with one attached hydrogen (secondary N) is 2. The Morgan fingerprint density at radius 1 is 0.966 bits per heavy atom. The van der Waals surface area contributed by atoms with Crippen LogP contribution >= 0.6 is 0 Å². The molecule has 0 aliphatic rings. The first kappa shape index (κ1) is 23.3. The van der Waals surface area contributed by atoms with Gasteiger partial charge in [0.05, 0.1) is 0 Å². The van der Waals surface area contributed by atoms with Crippen LogP contribution in [-0.2, 0) is 4.79 Å². The van der Waals surface area contributed by atoms with E-state index in [1.807, 2.05) is 12.1 Å². The lowest BCUT2D eigenvalue weighted by Gasteiger charge is -2.19. The van der Waals surface area contributed by atoms with Crippen molar-refractivity contribution < 1.29 is 14.8 Å². The van der Waals surface area contributed by atoms with Crippen LogP contribution in [0.3, 0.4) is 0 Å². The summed E-state index contributed by atoms with van der Waals surface area (Å²) >= 11 is 0. The Bertz CT molecular complexity index is 960. The van der Waals surface area contributed by atoms with Gasteiger partial charge in [-0.25, -0.2) is 5.48 Å². The van der Waals surface area contributed by atoms with E-state index in [1.54, 1.807) is 43.3 Å². The molecule has 7 N–H and O–H groups in total. The van der Waals surface area contributed by atoms with Gasteiger partial charge in [-0.2, -0.15) is 0 Å². The smallest absolute Gasteiger partial charge is 0.267 e. The Hall–Kier alpha value is -3.78. The Morgan fingerprint density at radius 2 is 1.45 bits per heavy atom. The number of rotatable bonds is 4. The fourth-order valence-corrected chi connectivity index (χ4v) is 2.21. The largest absolute Gasteiger partial charge is 0.399 e. The van der Waals surface area contributed by atoms with E-state index in [4.69, 9.17) is 16.7 Å². The topological polar surface area (TPSA) is 130 Å². The van der Waals surface area contributed by atoms with E-state index >= 15 is 0 Å². The summed E-state index contributed by atoms with van der Waals surface area (Å²) in [5.41, 5.74) is 15.2. The number of hydroxylamine groups is 1. The summed E-state index contributed by atoms with van der Waals surface area (Å²) in [6.07, 6.45) is 0. The van der Waals surface area contributed by atoms with E-state index in [2.05, 4.69) is 29.0 Å². The third-order valence-electron chi connectivity index (χ3n) is 3.74. The monoisotopic (exact) mass is 392 g/mol. The van der Waals surface area contributed by atoms with Gasteiger partial charge in [0.1, 0.15) is 6.04 Å². The number of carbonyl (C=O) groups excluding carboxylic acids is 2. The van der Waals surface area contributed by atoms with Gasteiger partial charge in [-0.05, 0) is 67.3 Å². The minimum absolute atomic E-state index is 0. The molecule has 150 valence electrons. The molecule has 2 aromatic carbocycles. The summed E-state index contributed by atoms with van der Waals surface area (Å²) < 4.78 is 0. The lowest BCUT2D eigenvalue weighted by molar-refractivity contribution is -0.131. The van der Waals surface area contributed by atoms with E-state index in [0.717, 1.165) is 5.56 Å². The second kappa shape index (κ2) is 11.2. The zero-order valence-electron chi connectivity index (χ0n) is 15.2. The second-order valence-electron chi connectivity index (χ2n) is 5.99. The van der Waals surface area contributed by atoms with Crippen LogP contribution in [0.15, 0.2) is 48.5 Å². The number of benzene rings is 2. The highest BCUT2D eigenvalue weighted by molar-refractivity contribution is 5.97. The first-order valence-corrected chi connectivity index (χ1v) is 8.38. The molecule has 2 rings (SSSR count). The molecule has 0 saturated heterocycles. The molecule has 29 heavy (non-hydrogen) atoms. The highest BCUT2D eigenvalue weighted by atomic mass is 16.5. The van der Waals surface area contributed by atoms with E-state index < -0.39 is 23.9 Å². The third-order valence-corrected chi connectivity index (χ3v) is 3.74. The summed E-state index contributed by atoms with van der Waals surface area (Å²) in [5, 5.41) is 11.2. The van der Waals surface area contributed by atoms with Crippen LogP contribution in [0.1, 0.15) is 35.8 Å². The highest BCUT2D eigenvalue weighted by Crippen LogP contribution is 2.05. The number of hydrogen-bond acceptors (Lipinski definition) is 5. The van der Waals surface area contributed by atoms with Crippen molar-refractivity contribution in [3.63, 3.8) is 0 Å². The van der Waals surface area contributed by atoms with E-state index in [-0.39, 0.29) is 7.43 Å². The summed E-state index contributed by atoms with van der Waals surface area (Å²) in [5.74, 6) is 10.0. The van der Waals surface area contributed by atoms with Gasteiger partial charge in [0.2, 0.25) is 0 Å². The first-order chi connectivity index (χ1) is 13.4. The highest BCUT2D eigenvalue weighted by Gasteiger charge is 2.24. The fourth-order valence-electron chi connectivity index (χ4n) is 2.21. The van der Waals surface area contributed by atoms with E-state index in [1.165, 1.54) is 5.48 Å². The van der Waals surface area contributed by atoms with Crippen molar-refractivity contribution >= 4 is 17.5 Å². The summed E-state index contributed by atoms with van der Waals surface area (Å²) in [6.45, 7) is 1.55.